The van der Waals surface area contributed by atoms with Crippen molar-refractivity contribution in [3.05, 3.63) is 35.9 Å². The van der Waals surface area contributed by atoms with Gasteiger partial charge in [-0.1, -0.05) is 69.9 Å². The molecule has 1 aromatic rings. The van der Waals surface area contributed by atoms with Crippen LogP contribution < -0.4 is 4.74 Å². The summed E-state index contributed by atoms with van der Waals surface area (Å²) in [4.78, 5) is 0. The lowest BCUT2D eigenvalue weighted by atomic mass is 10.1. The summed E-state index contributed by atoms with van der Waals surface area (Å²) >= 11 is 0. The van der Waals surface area contributed by atoms with E-state index in [0.29, 0.717) is 6.42 Å². The number of rotatable bonds is 10. The van der Waals surface area contributed by atoms with E-state index in [2.05, 4.69) is 19.9 Å². The standard InChI is InChI=1S/C19H29FO/c1-4-6-8-9-14-18(20)16(3)21-19-15-11-10-13-17(19)12-7-5-2/h7,10-13,15-16,18H,4-6,8-9,14H2,1-3H3. The Bertz CT molecular complexity index is 414. The summed E-state index contributed by atoms with van der Waals surface area (Å²) in [5, 5.41) is 0. The second-order valence-electron chi connectivity index (χ2n) is 5.54. The van der Waals surface area contributed by atoms with Crippen molar-refractivity contribution in [1.82, 2.24) is 0 Å². The largest absolute Gasteiger partial charge is 0.487 e. The van der Waals surface area contributed by atoms with E-state index in [-0.39, 0.29) is 0 Å². The van der Waals surface area contributed by atoms with Gasteiger partial charge in [0.2, 0.25) is 0 Å². The van der Waals surface area contributed by atoms with Gasteiger partial charge in [-0.15, -0.1) is 0 Å². The molecule has 2 atom stereocenters. The van der Waals surface area contributed by atoms with Crippen molar-refractivity contribution in [2.75, 3.05) is 0 Å². The number of benzene rings is 1. The van der Waals surface area contributed by atoms with Gasteiger partial charge in [0.1, 0.15) is 18.0 Å². The zero-order valence-electron chi connectivity index (χ0n) is 13.6. The van der Waals surface area contributed by atoms with Crippen molar-refractivity contribution >= 4 is 6.08 Å². The van der Waals surface area contributed by atoms with Crippen molar-refractivity contribution in [2.24, 2.45) is 0 Å². The number of hydrogen-bond acceptors (Lipinski definition) is 1. The molecule has 1 aromatic carbocycles. The Morgan fingerprint density at radius 3 is 2.62 bits per heavy atom. The molecule has 0 aliphatic heterocycles. The quantitative estimate of drug-likeness (QED) is 0.467. The summed E-state index contributed by atoms with van der Waals surface area (Å²) in [5.74, 6) is 0.769. The van der Waals surface area contributed by atoms with Crippen LogP contribution in [0.2, 0.25) is 0 Å². The van der Waals surface area contributed by atoms with Gasteiger partial charge in [-0.05, 0) is 25.8 Å². The predicted octanol–water partition coefficient (Wildman–Crippen LogP) is 6.19. The minimum absolute atomic E-state index is 0.400. The van der Waals surface area contributed by atoms with Crippen molar-refractivity contribution in [1.29, 1.82) is 0 Å². The van der Waals surface area contributed by atoms with Gasteiger partial charge in [-0.3, -0.25) is 0 Å². The fourth-order valence-corrected chi connectivity index (χ4v) is 2.25. The molecule has 0 heterocycles. The molecule has 2 unspecified atom stereocenters. The molecule has 0 aromatic heterocycles. The van der Waals surface area contributed by atoms with Crippen LogP contribution in [0.4, 0.5) is 4.39 Å². The van der Waals surface area contributed by atoms with Gasteiger partial charge in [-0.2, -0.15) is 0 Å². The average Bonchev–Trinajstić information content (AvgIpc) is 2.50. The van der Waals surface area contributed by atoms with Crippen LogP contribution >= 0.6 is 0 Å². The van der Waals surface area contributed by atoms with Gasteiger partial charge in [-0.25, -0.2) is 4.39 Å². The van der Waals surface area contributed by atoms with Crippen LogP contribution in [0.25, 0.3) is 6.08 Å². The molecule has 0 amide bonds. The predicted molar refractivity (Wildman–Crippen MR) is 89.5 cm³/mol. The Morgan fingerprint density at radius 1 is 1.14 bits per heavy atom. The Hall–Kier alpha value is -1.31. The Morgan fingerprint density at radius 2 is 1.90 bits per heavy atom. The lowest BCUT2D eigenvalue weighted by Crippen LogP contribution is -2.25. The van der Waals surface area contributed by atoms with Crippen molar-refractivity contribution in [2.45, 2.75) is 71.6 Å². The minimum Gasteiger partial charge on any atom is -0.487 e. The lowest BCUT2D eigenvalue weighted by Gasteiger charge is -2.20. The second-order valence-corrected chi connectivity index (χ2v) is 5.54. The minimum atomic E-state index is -0.898. The molecule has 1 rings (SSSR count). The van der Waals surface area contributed by atoms with Crippen molar-refractivity contribution in [3.63, 3.8) is 0 Å². The van der Waals surface area contributed by atoms with Gasteiger partial charge in [0.25, 0.3) is 0 Å². The highest BCUT2D eigenvalue weighted by Gasteiger charge is 2.18. The van der Waals surface area contributed by atoms with Crippen LogP contribution in [0.5, 0.6) is 5.75 Å². The number of unbranched alkanes of at least 4 members (excludes halogenated alkanes) is 3. The van der Waals surface area contributed by atoms with Crippen LogP contribution in [-0.2, 0) is 0 Å². The molecular formula is C19H29FO. The highest BCUT2D eigenvalue weighted by Crippen LogP contribution is 2.23. The molecule has 1 nitrogen and oxygen atoms in total. The smallest absolute Gasteiger partial charge is 0.136 e. The first kappa shape index (κ1) is 17.7. The monoisotopic (exact) mass is 292 g/mol. The summed E-state index contributed by atoms with van der Waals surface area (Å²) < 4.78 is 20.0. The van der Waals surface area contributed by atoms with Gasteiger partial charge in [0.15, 0.2) is 0 Å². The third-order valence-electron chi connectivity index (χ3n) is 3.61. The molecule has 0 aliphatic carbocycles. The molecule has 0 aliphatic rings. The SMILES string of the molecule is CCC=Cc1ccccc1OC(C)C(F)CCCCCC. The average molecular weight is 292 g/mol. The fourth-order valence-electron chi connectivity index (χ4n) is 2.25. The summed E-state index contributed by atoms with van der Waals surface area (Å²) in [6.07, 6.45) is 8.82. The maximum Gasteiger partial charge on any atom is 0.136 e. The van der Waals surface area contributed by atoms with E-state index in [0.717, 1.165) is 30.6 Å². The fraction of sp³-hybridized carbons (Fsp3) is 0.579. The first-order chi connectivity index (χ1) is 10.2. The number of hydrogen-bond donors (Lipinski definition) is 0. The highest BCUT2D eigenvalue weighted by atomic mass is 19.1. The molecule has 0 bridgehead atoms. The van der Waals surface area contributed by atoms with E-state index in [1.807, 2.05) is 37.3 Å². The summed E-state index contributed by atoms with van der Waals surface area (Å²) in [6, 6.07) is 7.82. The Kier molecular flexibility index (Phi) is 8.80. The van der Waals surface area contributed by atoms with Crippen LogP contribution in [0.1, 0.15) is 64.9 Å². The van der Waals surface area contributed by atoms with E-state index in [1.54, 1.807) is 0 Å². The maximum atomic E-state index is 14.2. The first-order valence-corrected chi connectivity index (χ1v) is 8.25. The number of allylic oxidation sites excluding steroid dienone is 1. The van der Waals surface area contributed by atoms with Crippen LogP contribution in [0.15, 0.2) is 30.3 Å². The third-order valence-corrected chi connectivity index (χ3v) is 3.61. The van der Waals surface area contributed by atoms with Crippen molar-refractivity contribution < 1.29 is 9.13 Å². The summed E-state index contributed by atoms with van der Waals surface area (Å²) in [7, 11) is 0. The van der Waals surface area contributed by atoms with Crippen LogP contribution in [-0.4, -0.2) is 12.3 Å². The molecule has 0 saturated carbocycles. The highest BCUT2D eigenvalue weighted by molar-refractivity contribution is 5.57. The molecule has 2 heteroatoms. The van der Waals surface area contributed by atoms with E-state index < -0.39 is 12.3 Å². The second kappa shape index (κ2) is 10.4. The third kappa shape index (κ3) is 6.79. The van der Waals surface area contributed by atoms with Crippen molar-refractivity contribution in [3.8, 4) is 5.75 Å². The van der Waals surface area contributed by atoms with E-state index >= 15 is 0 Å². The van der Waals surface area contributed by atoms with E-state index in [1.165, 1.54) is 12.8 Å². The lowest BCUT2D eigenvalue weighted by molar-refractivity contribution is 0.106. The number of para-hydroxylation sites is 1. The maximum absolute atomic E-state index is 14.2. The molecule has 0 N–H and O–H groups in total. The van der Waals surface area contributed by atoms with Crippen LogP contribution in [0.3, 0.4) is 0 Å². The Labute approximate surface area is 129 Å². The normalized spacial score (nSPS) is 14.3. The topological polar surface area (TPSA) is 9.23 Å². The number of ether oxygens (including phenoxy) is 1. The van der Waals surface area contributed by atoms with Gasteiger partial charge < -0.3 is 4.74 Å². The first-order valence-electron chi connectivity index (χ1n) is 8.25. The molecule has 0 fully saturated rings. The summed E-state index contributed by atoms with van der Waals surface area (Å²) in [5.41, 5.74) is 1.02. The zero-order valence-corrected chi connectivity index (χ0v) is 13.6. The molecule has 118 valence electrons. The molecule has 0 spiro atoms. The van der Waals surface area contributed by atoms with Gasteiger partial charge >= 0.3 is 0 Å². The Balaban J connectivity index is 2.53. The zero-order chi connectivity index (χ0) is 15.5. The van der Waals surface area contributed by atoms with E-state index in [4.69, 9.17) is 4.74 Å². The molecule has 21 heavy (non-hydrogen) atoms. The molecule has 0 saturated heterocycles. The molecular weight excluding hydrogens is 263 g/mol. The summed E-state index contributed by atoms with van der Waals surface area (Å²) in [6.45, 7) is 6.08. The van der Waals surface area contributed by atoms with Crippen LogP contribution in [0, 0.1) is 0 Å². The molecule has 0 radical (unpaired) electrons. The van der Waals surface area contributed by atoms with Gasteiger partial charge in [0.05, 0.1) is 0 Å². The number of halogens is 1. The number of alkyl halides is 1. The van der Waals surface area contributed by atoms with Gasteiger partial charge in [0, 0.05) is 5.56 Å². The van der Waals surface area contributed by atoms with E-state index in [9.17, 15) is 4.39 Å².